The van der Waals surface area contributed by atoms with Crippen LogP contribution >= 0.6 is 0 Å². The minimum atomic E-state index is -2.92. The van der Waals surface area contributed by atoms with Gasteiger partial charge in [-0.3, -0.25) is 4.90 Å². The minimum absolute atomic E-state index is 0.0353. The Morgan fingerprint density at radius 2 is 2.15 bits per heavy atom. The number of rotatable bonds is 7. The van der Waals surface area contributed by atoms with Crippen LogP contribution in [0.1, 0.15) is 71.8 Å². The molecule has 1 aromatic carbocycles. The highest BCUT2D eigenvalue weighted by molar-refractivity contribution is 5.49. The van der Waals surface area contributed by atoms with Gasteiger partial charge >= 0.3 is 0 Å². The molecule has 0 amide bonds. The number of ether oxygens (including phenoxy) is 2. The molecule has 0 bridgehead atoms. The van der Waals surface area contributed by atoms with Crippen molar-refractivity contribution in [1.82, 2.24) is 4.90 Å². The summed E-state index contributed by atoms with van der Waals surface area (Å²) in [6.07, 6.45) is -3.41. The molecule has 146 valence electrons. The molecule has 2 aliphatic heterocycles. The zero-order valence-electron chi connectivity index (χ0n) is 22.2. The first-order valence-electron chi connectivity index (χ1n) is 12.5. The van der Waals surface area contributed by atoms with Crippen LogP contribution in [0.5, 0.6) is 11.5 Å². The van der Waals surface area contributed by atoms with Gasteiger partial charge in [-0.25, -0.2) is 0 Å². The Labute approximate surface area is 166 Å². The Morgan fingerprint density at radius 3 is 2.85 bits per heavy atom. The Kier molecular flexibility index (Phi) is 4.31. The molecule has 0 radical (unpaired) electrons. The number of methoxy groups -OCH3 is 1. The summed E-state index contributed by atoms with van der Waals surface area (Å²) in [5.74, 6) is 1.08. The molecule has 0 unspecified atom stereocenters. The lowest BCUT2D eigenvalue weighted by Gasteiger charge is -2.46. The van der Waals surface area contributed by atoms with Crippen LogP contribution < -0.4 is 9.47 Å². The number of nitrogens with zero attached hydrogens (tertiary/aromatic N) is 1. The van der Waals surface area contributed by atoms with E-state index in [1.165, 1.54) is 7.11 Å². The van der Waals surface area contributed by atoms with E-state index in [1.54, 1.807) is 12.1 Å². The average Bonchev–Trinajstić information content (AvgIpc) is 2.66. The molecule has 0 aliphatic carbocycles. The molecule has 1 fully saturated rings. The van der Waals surface area contributed by atoms with E-state index in [9.17, 15) is 5.11 Å². The molecule has 2 heterocycles. The van der Waals surface area contributed by atoms with Crippen molar-refractivity contribution in [3.05, 3.63) is 23.3 Å². The van der Waals surface area contributed by atoms with Crippen LogP contribution in [-0.2, 0) is 6.42 Å². The van der Waals surface area contributed by atoms with E-state index in [0.717, 1.165) is 44.0 Å². The molecule has 1 aromatic rings. The molecule has 3 atom stereocenters. The molecule has 0 aromatic heterocycles. The van der Waals surface area contributed by atoms with E-state index < -0.39 is 19.3 Å². The van der Waals surface area contributed by atoms with Crippen molar-refractivity contribution in [3.8, 4) is 11.5 Å². The van der Waals surface area contributed by atoms with E-state index >= 15 is 0 Å². The Hall–Kier alpha value is -1.26. The van der Waals surface area contributed by atoms with Crippen molar-refractivity contribution >= 4 is 0 Å². The van der Waals surface area contributed by atoms with Gasteiger partial charge in [-0.05, 0) is 60.7 Å². The SMILES string of the molecule is [2H]C([2H])(C)C([2H])([2H])C([2H])([2H])Oc1cc2c(cc1OC)[C@H]1C[C@@H](O)[C@H](CC(C)C)CN1CC2. The maximum atomic E-state index is 10.8. The number of hydrogen-bond acceptors (Lipinski definition) is 4. The second kappa shape index (κ2) is 8.62. The lowest BCUT2D eigenvalue weighted by molar-refractivity contribution is -0.0191. The highest BCUT2D eigenvalue weighted by Crippen LogP contribution is 2.43. The molecular weight excluding hydrogens is 326 g/mol. The van der Waals surface area contributed by atoms with E-state index in [1.807, 2.05) is 0 Å². The van der Waals surface area contributed by atoms with Crippen LogP contribution in [0.25, 0.3) is 0 Å². The first-order valence-corrected chi connectivity index (χ1v) is 9.50. The topological polar surface area (TPSA) is 41.9 Å². The lowest BCUT2D eigenvalue weighted by Crippen LogP contribution is -2.48. The summed E-state index contributed by atoms with van der Waals surface area (Å²) >= 11 is 0. The first-order chi connectivity index (χ1) is 14.7. The smallest absolute Gasteiger partial charge is 0.161 e. The predicted octanol–water partition coefficient (Wildman–Crippen LogP) is 4.20. The van der Waals surface area contributed by atoms with E-state index in [2.05, 4.69) is 18.7 Å². The zero-order valence-corrected chi connectivity index (χ0v) is 16.2. The third-order valence-corrected chi connectivity index (χ3v) is 5.48. The van der Waals surface area contributed by atoms with Crippen LogP contribution in [0.2, 0.25) is 0 Å². The van der Waals surface area contributed by atoms with Gasteiger partial charge in [0.1, 0.15) is 0 Å². The number of piperidine rings is 1. The van der Waals surface area contributed by atoms with Crippen LogP contribution in [0.4, 0.5) is 0 Å². The number of benzene rings is 1. The third-order valence-electron chi connectivity index (χ3n) is 5.48. The summed E-state index contributed by atoms with van der Waals surface area (Å²) < 4.78 is 58.4. The minimum Gasteiger partial charge on any atom is -0.493 e. The Bertz CT molecular complexity index is 827. The van der Waals surface area contributed by atoms with Crippen molar-refractivity contribution in [3.63, 3.8) is 0 Å². The Morgan fingerprint density at radius 1 is 1.35 bits per heavy atom. The quantitative estimate of drug-likeness (QED) is 0.784. The van der Waals surface area contributed by atoms with Gasteiger partial charge in [0.25, 0.3) is 0 Å². The maximum Gasteiger partial charge on any atom is 0.161 e. The number of fused-ring (bicyclic) bond motifs is 3. The van der Waals surface area contributed by atoms with Crippen LogP contribution in [0.15, 0.2) is 12.1 Å². The predicted molar refractivity (Wildman–Crippen MR) is 105 cm³/mol. The fourth-order valence-corrected chi connectivity index (χ4v) is 4.31. The molecule has 3 rings (SSSR count). The number of hydrogen-bond donors (Lipinski definition) is 1. The summed E-state index contributed by atoms with van der Waals surface area (Å²) in [4.78, 5) is 2.39. The highest BCUT2D eigenvalue weighted by atomic mass is 16.5. The van der Waals surface area contributed by atoms with Crippen molar-refractivity contribution in [2.75, 3.05) is 26.8 Å². The number of aliphatic hydroxyl groups is 1. The summed E-state index contributed by atoms with van der Waals surface area (Å²) in [6.45, 7) is 4.06. The van der Waals surface area contributed by atoms with Gasteiger partial charge in [0, 0.05) is 24.6 Å². The largest absolute Gasteiger partial charge is 0.493 e. The Balaban J connectivity index is 1.90. The van der Waals surface area contributed by atoms with Crippen molar-refractivity contribution in [2.45, 2.75) is 64.9 Å². The summed E-state index contributed by atoms with van der Waals surface area (Å²) in [6, 6.07) is 3.51. The first kappa shape index (κ1) is 13.0. The monoisotopic (exact) mass is 367 g/mol. The highest BCUT2D eigenvalue weighted by Gasteiger charge is 2.38. The zero-order chi connectivity index (χ0) is 24.1. The van der Waals surface area contributed by atoms with Gasteiger partial charge < -0.3 is 14.6 Å². The molecule has 4 heteroatoms. The van der Waals surface area contributed by atoms with E-state index in [4.69, 9.17) is 17.7 Å². The molecule has 0 saturated carbocycles. The molecular formula is C22H35NO3. The van der Waals surface area contributed by atoms with Crippen LogP contribution in [0, 0.1) is 11.8 Å². The maximum absolute atomic E-state index is 10.8. The molecule has 2 aliphatic rings. The normalized spacial score (nSPS) is 30.8. The molecule has 1 saturated heterocycles. The van der Waals surface area contributed by atoms with E-state index in [0.29, 0.717) is 12.3 Å². The summed E-state index contributed by atoms with van der Waals surface area (Å²) in [5.41, 5.74) is 1.96. The third kappa shape index (κ3) is 4.17. The second-order valence-corrected chi connectivity index (χ2v) is 7.73. The summed E-state index contributed by atoms with van der Waals surface area (Å²) in [7, 11) is 1.44. The standard InChI is InChI=1S/C22H35NO3/c1-5-6-9-26-22-11-16-7-8-23-14-17(10-15(2)3)20(24)13-19(23)18(16)12-21(22)25-4/h11-12,15,17,19-20,24H,5-10,13-14H2,1-4H3/t17-,19-,20-/m1/s1/i5D2,6D2,9D2. The van der Waals surface area contributed by atoms with Crippen LogP contribution in [-0.4, -0.2) is 42.9 Å². The molecule has 26 heavy (non-hydrogen) atoms. The van der Waals surface area contributed by atoms with Crippen molar-refractivity contribution < 1.29 is 22.8 Å². The average molecular weight is 368 g/mol. The van der Waals surface area contributed by atoms with Gasteiger partial charge in [0.05, 0.1) is 22.5 Å². The van der Waals surface area contributed by atoms with Crippen LogP contribution in [0.3, 0.4) is 0 Å². The van der Waals surface area contributed by atoms with E-state index in [-0.39, 0.29) is 29.6 Å². The fraction of sp³-hybridized carbons (Fsp3) is 0.727. The molecule has 4 nitrogen and oxygen atoms in total. The van der Waals surface area contributed by atoms with Crippen molar-refractivity contribution in [2.24, 2.45) is 11.8 Å². The number of aliphatic hydroxyl groups excluding tert-OH is 1. The fourth-order valence-electron chi connectivity index (χ4n) is 4.31. The van der Waals surface area contributed by atoms with Gasteiger partial charge in [0.15, 0.2) is 11.5 Å². The van der Waals surface area contributed by atoms with Gasteiger partial charge in [-0.1, -0.05) is 27.1 Å². The molecule has 1 N–H and O–H groups in total. The summed E-state index contributed by atoms with van der Waals surface area (Å²) in [5, 5.41) is 10.8. The molecule has 0 spiro atoms. The second-order valence-electron chi connectivity index (χ2n) is 7.73. The van der Waals surface area contributed by atoms with Gasteiger partial charge in [-0.2, -0.15) is 0 Å². The lowest BCUT2D eigenvalue weighted by atomic mass is 9.79. The van der Waals surface area contributed by atoms with Gasteiger partial charge in [0.2, 0.25) is 0 Å². The van der Waals surface area contributed by atoms with Crippen molar-refractivity contribution in [1.29, 1.82) is 0 Å². The van der Waals surface area contributed by atoms with Gasteiger partial charge in [-0.15, -0.1) is 0 Å².